The highest BCUT2D eigenvalue weighted by Crippen LogP contribution is 2.37. The van der Waals surface area contributed by atoms with Gasteiger partial charge in [0.05, 0.1) is 7.11 Å². The largest absolute Gasteiger partial charge is 0.496 e. The van der Waals surface area contributed by atoms with E-state index in [1.807, 2.05) is 0 Å². The summed E-state index contributed by atoms with van der Waals surface area (Å²) >= 11 is 0. The molecule has 88 valence electrons. The van der Waals surface area contributed by atoms with Crippen LogP contribution in [0.4, 0.5) is 0 Å². The van der Waals surface area contributed by atoms with Crippen LogP contribution in [0.1, 0.15) is 49.7 Å². The number of ether oxygens (including phenoxy) is 1. The molecule has 0 bridgehead atoms. The van der Waals surface area contributed by atoms with Crippen molar-refractivity contribution in [2.45, 2.75) is 45.4 Å². The van der Waals surface area contributed by atoms with Gasteiger partial charge >= 0.3 is 0 Å². The minimum absolute atomic E-state index is 0.772. The van der Waals surface area contributed by atoms with Gasteiger partial charge in [-0.05, 0) is 48.8 Å². The first-order valence-corrected chi connectivity index (χ1v) is 6.35. The van der Waals surface area contributed by atoms with Gasteiger partial charge in [-0.25, -0.2) is 0 Å². The van der Waals surface area contributed by atoms with Crippen molar-refractivity contribution in [1.82, 2.24) is 0 Å². The molecule has 0 aromatic heterocycles. The van der Waals surface area contributed by atoms with Gasteiger partial charge in [0.1, 0.15) is 5.75 Å². The summed E-state index contributed by atoms with van der Waals surface area (Å²) in [5.74, 6) is 2.67. The molecule has 1 heteroatoms. The Hall–Kier alpha value is -0.980. The van der Waals surface area contributed by atoms with E-state index in [0.29, 0.717) is 0 Å². The van der Waals surface area contributed by atoms with Gasteiger partial charge in [0, 0.05) is 0 Å². The Morgan fingerprint density at radius 3 is 2.69 bits per heavy atom. The molecule has 16 heavy (non-hydrogen) atoms. The summed E-state index contributed by atoms with van der Waals surface area (Å²) in [4.78, 5) is 0. The van der Waals surface area contributed by atoms with Gasteiger partial charge in [0.25, 0.3) is 0 Å². The first-order chi connectivity index (χ1) is 7.70. The van der Waals surface area contributed by atoms with E-state index in [0.717, 1.165) is 17.6 Å². The fourth-order valence-electron chi connectivity index (χ4n) is 2.89. The van der Waals surface area contributed by atoms with Crippen LogP contribution in [-0.4, -0.2) is 7.11 Å². The average Bonchev–Trinajstić information content (AvgIpc) is 2.29. The first kappa shape index (κ1) is 11.5. The van der Waals surface area contributed by atoms with Crippen LogP contribution >= 0.6 is 0 Å². The highest BCUT2D eigenvalue weighted by atomic mass is 16.5. The standard InChI is InChI=1S/C15H22O/c1-11-5-4-6-13(9-11)14-7-8-15(16-3)12(2)10-14/h7-8,10-11,13H,4-6,9H2,1-3H3/t11?,13-/m1/s1. The SMILES string of the molecule is COc1ccc([C@@H]2CCCC(C)C2)cc1C. The van der Waals surface area contributed by atoms with Crippen molar-refractivity contribution in [3.05, 3.63) is 29.3 Å². The normalized spacial score (nSPS) is 25.4. The summed E-state index contributed by atoms with van der Waals surface area (Å²) in [6, 6.07) is 6.67. The molecule has 1 aromatic rings. The van der Waals surface area contributed by atoms with Crippen LogP contribution in [0.5, 0.6) is 5.75 Å². The molecule has 1 saturated carbocycles. The molecule has 2 rings (SSSR count). The maximum absolute atomic E-state index is 5.31. The Bertz CT molecular complexity index is 356. The molecule has 1 nitrogen and oxygen atoms in total. The first-order valence-electron chi connectivity index (χ1n) is 6.35. The van der Waals surface area contributed by atoms with Crippen molar-refractivity contribution in [1.29, 1.82) is 0 Å². The molecule has 2 atom stereocenters. The molecule has 1 fully saturated rings. The fourth-order valence-corrected chi connectivity index (χ4v) is 2.89. The number of aryl methyl sites for hydroxylation is 1. The van der Waals surface area contributed by atoms with Gasteiger partial charge < -0.3 is 4.74 Å². The monoisotopic (exact) mass is 218 g/mol. The van der Waals surface area contributed by atoms with Crippen LogP contribution < -0.4 is 4.74 Å². The van der Waals surface area contributed by atoms with E-state index >= 15 is 0 Å². The topological polar surface area (TPSA) is 9.23 Å². The van der Waals surface area contributed by atoms with Crippen molar-refractivity contribution in [2.75, 3.05) is 7.11 Å². The molecule has 0 saturated heterocycles. The maximum atomic E-state index is 5.31. The molecule has 0 amide bonds. The zero-order valence-electron chi connectivity index (χ0n) is 10.6. The van der Waals surface area contributed by atoms with Crippen molar-refractivity contribution in [2.24, 2.45) is 5.92 Å². The quantitative estimate of drug-likeness (QED) is 0.719. The molecular formula is C15H22O. The van der Waals surface area contributed by atoms with Crippen LogP contribution in [0.15, 0.2) is 18.2 Å². The van der Waals surface area contributed by atoms with Gasteiger partial charge in [0.15, 0.2) is 0 Å². The highest BCUT2D eigenvalue weighted by molar-refractivity contribution is 5.37. The third kappa shape index (κ3) is 2.40. The predicted octanol–water partition coefficient (Wildman–Crippen LogP) is 4.30. The van der Waals surface area contributed by atoms with Crippen molar-refractivity contribution < 1.29 is 4.74 Å². The van der Waals surface area contributed by atoms with Gasteiger partial charge in [-0.3, -0.25) is 0 Å². The second-order valence-electron chi connectivity index (χ2n) is 5.20. The zero-order valence-corrected chi connectivity index (χ0v) is 10.6. The number of methoxy groups -OCH3 is 1. The molecule has 0 N–H and O–H groups in total. The molecule has 0 aliphatic heterocycles. The van der Waals surface area contributed by atoms with Crippen LogP contribution in [0, 0.1) is 12.8 Å². The zero-order chi connectivity index (χ0) is 11.5. The van der Waals surface area contributed by atoms with Gasteiger partial charge in [-0.15, -0.1) is 0 Å². The molecule has 0 heterocycles. The Kier molecular flexibility index (Phi) is 3.52. The van der Waals surface area contributed by atoms with E-state index in [9.17, 15) is 0 Å². The van der Waals surface area contributed by atoms with E-state index in [1.165, 1.54) is 36.8 Å². The summed E-state index contributed by atoms with van der Waals surface area (Å²) < 4.78 is 5.31. The van der Waals surface area contributed by atoms with Gasteiger partial charge in [-0.1, -0.05) is 31.9 Å². The van der Waals surface area contributed by atoms with E-state index in [2.05, 4.69) is 32.0 Å². The Morgan fingerprint density at radius 1 is 1.25 bits per heavy atom. The van der Waals surface area contributed by atoms with Crippen molar-refractivity contribution in [3.8, 4) is 5.75 Å². The lowest BCUT2D eigenvalue weighted by molar-refractivity contribution is 0.343. The second kappa shape index (κ2) is 4.90. The van der Waals surface area contributed by atoms with E-state index in [1.54, 1.807) is 7.11 Å². The Balaban J connectivity index is 2.17. The third-order valence-electron chi connectivity index (χ3n) is 3.83. The molecule has 1 aliphatic carbocycles. The van der Waals surface area contributed by atoms with E-state index in [4.69, 9.17) is 4.74 Å². The van der Waals surface area contributed by atoms with Gasteiger partial charge in [0.2, 0.25) is 0 Å². The van der Waals surface area contributed by atoms with Crippen LogP contribution in [0.2, 0.25) is 0 Å². The number of hydrogen-bond donors (Lipinski definition) is 0. The lowest BCUT2D eigenvalue weighted by Gasteiger charge is -2.27. The van der Waals surface area contributed by atoms with Crippen LogP contribution in [0.3, 0.4) is 0 Å². The minimum Gasteiger partial charge on any atom is -0.496 e. The van der Waals surface area contributed by atoms with Crippen LogP contribution in [0.25, 0.3) is 0 Å². The lowest BCUT2D eigenvalue weighted by atomic mass is 9.78. The van der Waals surface area contributed by atoms with Gasteiger partial charge in [-0.2, -0.15) is 0 Å². The summed E-state index contributed by atoms with van der Waals surface area (Å²) in [6.07, 6.45) is 5.50. The predicted molar refractivity (Wildman–Crippen MR) is 68.1 cm³/mol. The van der Waals surface area contributed by atoms with E-state index < -0.39 is 0 Å². The maximum Gasteiger partial charge on any atom is 0.121 e. The molecular weight excluding hydrogens is 196 g/mol. The highest BCUT2D eigenvalue weighted by Gasteiger charge is 2.20. The summed E-state index contributed by atoms with van der Waals surface area (Å²) in [5.41, 5.74) is 2.77. The number of rotatable bonds is 2. The molecule has 0 spiro atoms. The smallest absolute Gasteiger partial charge is 0.121 e. The second-order valence-corrected chi connectivity index (χ2v) is 5.20. The number of benzene rings is 1. The fraction of sp³-hybridized carbons (Fsp3) is 0.600. The van der Waals surface area contributed by atoms with Crippen LogP contribution in [-0.2, 0) is 0 Å². The summed E-state index contributed by atoms with van der Waals surface area (Å²) in [5, 5.41) is 0. The average molecular weight is 218 g/mol. The molecule has 1 unspecified atom stereocenters. The molecule has 0 radical (unpaired) electrons. The third-order valence-corrected chi connectivity index (χ3v) is 3.83. The van der Waals surface area contributed by atoms with Crippen molar-refractivity contribution >= 4 is 0 Å². The summed E-state index contributed by atoms with van der Waals surface area (Å²) in [6.45, 7) is 4.51. The Morgan fingerprint density at radius 2 is 2.06 bits per heavy atom. The Labute approximate surface area is 98.8 Å². The molecule has 1 aromatic carbocycles. The number of hydrogen-bond acceptors (Lipinski definition) is 1. The minimum atomic E-state index is 0.772. The van der Waals surface area contributed by atoms with Crippen molar-refractivity contribution in [3.63, 3.8) is 0 Å². The van der Waals surface area contributed by atoms with E-state index in [-0.39, 0.29) is 0 Å². The summed E-state index contributed by atoms with van der Waals surface area (Å²) in [7, 11) is 1.74. The molecule has 1 aliphatic rings. The lowest BCUT2D eigenvalue weighted by Crippen LogP contribution is -2.11.